The van der Waals surface area contributed by atoms with Gasteiger partial charge in [0.1, 0.15) is 5.82 Å². The van der Waals surface area contributed by atoms with Crippen LogP contribution in [0.25, 0.3) is 0 Å². The van der Waals surface area contributed by atoms with E-state index in [1.54, 1.807) is 13.2 Å². The topological polar surface area (TPSA) is 30.5 Å². The van der Waals surface area contributed by atoms with Gasteiger partial charge in [-0.15, -0.1) is 0 Å². The van der Waals surface area contributed by atoms with E-state index in [9.17, 15) is 4.39 Å². The molecule has 16 heavy (non-hydrogen) atoms. The average Bonchev–Trinajstić information content (AvgIpc) is 2.70. The van der Waals surface area contributed by atoms with E-state index in [1.807, 2.05) is 6.07 Å². The molecule has 0 saturated heterocycles. The second-order valence-electron chi connectivity index (χ2n) is 3.86. The van der Waals surface area contributed by atoms with E-state index in [1.165, 1.54) is 6.07 Å². The van der Waals surface area contributed by atoms with Crippen molar-refractivity contribution in [1.82, 2.24) is 5.48 Å². The summed E-state index contributed by atoms with van der Waals surface area (Å²) in [5, 5.41) is 0. The van der Waals surface area contributed by atoms with E-state index >= 15 is 0 Å². The summed E-state index contributed by atoms with van der Waals surface area (Å²) in [5.41, 5.74) is 4.78. The number of halogens is 1. The zero-order chi connectivity index (χ0) is 11.4. The molecule has 1 atom stereocenters. The second-order valence-corrected chi connectivity index (χ2v) is 3.86. The van der Waals surface area contributed by atoms with Gasteiger partial charge in [0.2, 0.25) is 0 Å². The van der Waals surface area contributed by atoms with Gasteiger partial charge in [-0.2, -0.15) is 5.48 Å². The number of rotatable bonds is 5. The highest BCUT2D eigenvalue weighted by molar-refractivity contribution is 5.35. The maximum absolute atomic E-state index is 13.4. The number of hydroxylamine groups is 1. The fourth-order valence-electron chi connectivity index (χ4n) is 2.02. The first-order valence-electron chi connectivity index (χ1n) is 5.46. The molecule has 1 N–H and O–H groups in total. The van der Waals surface area contributed by atoms with Gasteiger partial charge >= 0.3 is 0 Å². The van der Waals surface area contributed by atoms with Gasteiger partial charge in [0.05, 0.1) is 19.3 Å². The largest absolute Gasteiger partial charge is 0.382 e. The molecule has 0 aromatic heterocycles. The third-order valence-corrected chi connectivity index (χ3v) is 2.83. The molecule has 0 radical (unpaired) electrons. The lowest BCUT2D eigenvalue weighted by Crippen LogP contribution is -2.21. The molecule has 0 saturated carbocycles. The maximum Gasteiger partial charge on any atom is 0.126 e. The lowest BCUT2D eigenvalue weighted by Gasteiger charge is -2.13. The van der Waals surface area contributed by atoms with Gasteiger partial charge < -0.3 is 4.74 Å². The van der Waals surface area contributed by atoms with Crippen LogP contribution in [0.2, 0.25) is 0 Å². The number of ether oxygens (including phenoxy) is 1. The lowest BCUT2D eigenvalue weighted by atomic mass is 10.1. The molecular weight excluding hydrogens is 209 g/mol. The van der Waals surface area contributed by atoms with E-state index in [-0.39, 0.29) is 11.9 Å². The van der Waals surface area contributed by atoms with Gasteiger partial charge in [-0.05, 0) is 30.0 Å². The second kappa shape index (κ2) is 5.39. The molecule has 0 bridgehead atoms. The fraction of sp³-hybridized carbons (Fsp3) is 0.500. The van der Waals surface area contributed by atoms with Crippen molar-refractivity contribution in [2.24, 2.45) is 0 Å². The quantitative estimate of drug-likeness (QED) is 0.614. The summed E-state index contributed by atoms with van der Waals surface area (Å²) in [6.07, 6.45) is 1.65. The Hall–Kier alpha value is -0.970. The molecular formula is C12H16FNO2. The summed E-state index contributed by atoms with van der Waals surface area (Å²) in [7, 11) is 1.63. The van der Waals surface area contributed by atoms with Gasteiger partial charge in [0, 0.05) is 7.11 Å². The number of benzene rings is 1. The van der Waals surface area contributed by atoms with Gasteiger partial charge in [-0.1, -0.05) is 12.1 Å². The lowest BCUT2D eigenvalue weighted by molar-refractivity contribution is -0.0121. The molecule has 1 aromatic rings. The van der Waals surface area contributed by atoms with Gasteiger partial charge in [-0.25, -0.2) is 4.39 Å². The standard InChI is InChI=1S/C12H16FNO2/c1-15-7-8-16-14-12-6-5-9-10(12)3-2-4-11(9)13/h2-4,12,14H,5-8H2,1H3. The monoisotopic (exact) mass is 225 g/mol. The first kappa shape index (κ1) is 11.5. The van der Waals surface area contributed by atoms with Crippen molar-refractivity contribution >= 4 is 0 Å². The van der Waals surface area contributed by atoms with Crippen LogP contribution < -0.4 is 5.48 Å². The molecule has 1 aromatic carbocycles. The highest BCUT2D eigenvalue weighted by atomic mass is 19.1. The van der Waals surface area contributed by atoms with Crippen LogP contribution in [-0.4, -0.2) is 20.3 Å². The van der Waals surface area contributed by atoms with E-state index in [0.717, 1.165) is 24.0 Å². The molecule has 88 valence electrons. The van der Waals surface area contributed by atoms with E-state index in [0.29, 0.717) is 13.2 Å². The van der Waals surface area contributed by atoms with Crippen LogP contribution in [0.1, 0.15) is 23.6 Å². The number of methoxy groups -OCH3 is 1. The third-order valence-electron chi connectivity index (χ3n) is 2.83. The Labute approximate surface area is 94.5 Å². The normalized spacial score (nSPS) is 18.8. The Morgan fingerprint density at radius 2 is 2.31 bits per heavy atom. The summed E-state index contributed by atoms with van der Waals surface area (Å²) in [6.45, 7) is 1.05. The third kappa shape index (κ3) is 2.40. The van der Waals surface area contributed by atoms with Crippen LogP contribution in [-0.2, 0) is 16.0 Å². The maximum atomic E-state index is 13.4. The Morgan fingerprint density at radius 3 is 3.12 bits per heavy atom. The van der Waals surface area contributed by atoms with Crippen LogP contribution in [0.4, 0.5) is 4.39 Å². The number of nitrogens with one attached hydrogen (secondary N) is 1. The van der Waals surface area contributed by atoms with Crippen molar-refractivity contribution < 1.29 is 14.0 Å². The van der Waals surface area contributed by atoms with Crippen LogP contribution >= 0.6 is 0 Å². The first-order chi connectivity index (χ1) is 7.83. The molecule has 0 amide bonds. The van der Waals surface area contributed by atoms with Gasteiger partial charge in [-0.3, -0.25) is 4.84 Å². The average molecular weight is 225 g/mol. The smallest absolute Gasteiger partial charge is 0.126 e. The van der Waals surface area contributed by atoms with Crippen molar-refractivity contribution in [3.8, 4) is 0 Å². The summed E-state index contributed by atoms with van der Waals surface area (Å²) in [5.74, 6) is -0.112. The number of fused-ring (bicyclic) bond motifs is 1. The minimum atomic E-state index is -0.112. The Balaban J connectivity index is 1.93. The van der Waals surface area contributed by atoms with E-state index in [4.69, 9.17) is 9.57 Å². The van der Waals surface area contributed by atoms with Crippen molar-refractivity contribution in [1.29, 1.82) is 0 Å². The van der Waals surface area contributed by atoms with Crippen molar-refractivity contribution in [3.05, 3.63) is 35.1 Å². The van der Waals surface area contributed by atoms with Gasteiger partial charge in [0.25, 0.3) is 0 Å². The van der Waals surface area contributed by atoms with E-state index in [2.05, 4.69) is 5.48 Å². The Morgan fingerprint density at radius 1 is 1.44 bits per heavy atom. The molecule has 3 nitrogen and oxygen atoms in total. The predicted octanol–water partition coefficient (Wildman–Crippen LogP) is 1.98. The van der Waals surface area contributed by atoms with Gasteiger partial charge in [0.15, 0.2) is 0 Å². The Kier molecular flexibility index (Phi) is 3.88. The summed E-state index contributed by atoms with van der Waals surface area (Å²) in [4.78, 5) is 5.26. The highest BCUT2D eigenvalue weighted by Crippen LogP contribution is 2.32. The predicted molar refractivity (Wildman–Crippen MR) is 58.4 cm³/mol. The summed E-state index contributed by atoms with van der Waals surface area (Å²) < 4.78 is 18.3. The number of hydrogen-bond acceptors (Lipinski definition) is 3. The minimum absolute atomic E-state index is 0.0996. The molecule has 0 fully saturated rings. The van der Waals surface area contributed by atoms with Crippen LogP contribution in [0.3, 0.4) is 0 Å². The molecule has 0 spiro atoms. The molecule has 1 aliphatic rings. The van der Waals surface area contributed by atoms with Crippen molar-refractivity contribution in [3.63, 3.8) is 0 Å². The van der Waals surface area contributed by atoms with Crippen LogP contribution in [0.5, 0.6) is 0 Å². The van der Waals surface area contributed by atoms with Crippen molar-refractivity contribution in [2.75, 3.05) is 20.3 Å². The van der Waals surface area contributed by atoms with Crippen LogP contribution in [0.15, 0.2) is 18.2 Å². The molecule has 0 aliphatic heterocycles. The molecule has 2 rings (SSSR count). The first-order valence-corrected chi connectivity index (χ1v) is 5.46. The highest BCUT2D eigenvalue weighted by Gasteiger charge is 2.24. The number of hydrogen-bond donors (Lipinski definition) is 1. The minimum Gasteiger partial charge on any atom is -0.382 e. The molecule has 4 heteroatoms. The summed E-state index contributed by atoms with van der Waals surface area (Å²) >= 11 is 0. The SMILES string of the molecule is COCCONC1CCc2c(F)cccc21. The zero-order valence-corrected chi connectivity index (χ0v) is 9.33. The molecule has 0 heterocycles. The van der Waals surface area contributed by atoms with Crippen LogP contribution in [0, 0.1) is 5.82 Å². The summed E-state index contributed by atoms with van der Waals surface area (Å²) in [6, 6.07) is 5.29. The molecule has 1 aliphatic carbocycles. The Bertz CT molecular complexity index is 357. The molecule has 1 unspecified atom stereocenters. The fourth-order valence-corrected chi connectivity index (χ4v) is 2.02. The van der Waals surface area contributed by atoms with Crippen molar-refractivity contribution in [2.45, 2.75) is 18.9 Å². The van der Waals surface area contributed by atoms with E-state index < -0.39 is 0 Å². The zero-order valence-electron chi connectivity index (χ0n) is 9.33.